The zero-order valence-corrected chi connectivity index (χ0v) is 22.9. The van der Waals surface area contributed by atoms with Crippen LogP contribution in [0.5, 0.6) is 0 Å². The van der Waals surface area contributed by atoms with E-state index in [0.717, 1.165) is 18.9 Å². The second-order valence-electron chi connectivity index (χ2n) is 9.08. The van der Waals surface area contributed by atoms with Crippen molar-refractivity contribution in [3.05, 3.63) is 37.0 Å². The van der Waals surface area contributed by atoms with Crippen LogP contribution in [0.4, 0.5) is 0 Å². The molecule has 0 aromatic carbocycles. The number of unbranched alkanes of at least 4 members (excludes halogenated alkanes) is 17. The highest BCUT2D eigenvalue weighted by Gasteiger charge is 2.04. The summed E-state index contributed by atoms with van der Waals surface area (Å²) in [4.78, 5) is 21.0. The van der Waals surface area contributed by atoms with E-state index in [2.05, 4.69) is 20.1 Å². The van der Waals surface area contributed by atoms with Crippen molar-refractivity contribution >= 4 is 11.9 Å². The van der Waals surface area contributed by atoms with Crippen LogP contribution in [-0.4, -0.2) is 30.4 Å². The molecule has 5 heteroatoms. The lowest BCUT2D eigenvalue weighted by Gasteiger charge is -2.05. The van der Waals surface area contributed by atoms with Gasteiger partial charge in [0.05, 0.1) is 6.61 Å². The number of carboxylic acid groups (broad SMARTS) is 1. The van der Waals surface area contributed by atoms with E-state index < -0.39 is 5.97 Å². The first-order valence-corrected chi connectivity index (χ1v) is 13.9. The molecule has 0 aromatic rings. The van der Waals surface area contributed by atoms with Crippen molar-refractivity contribution in [1.29, 1.82) is 0 Å². The number of esters is 1. The average molecular weight is 495 g/mol. The Morgan fingerprint density at radius 1 is 0.743 bits per heavy atom. The highest BCUT2D eigenvalue weighted by atomic mass is 16.7. The van der Waals surface area contributed by atoms with E-state index in [9.17, 15) is 9.59 Å². The summed E-state index contributed by atoms with van der Waals surface area (Å²) in [7, 11) is 0. The lowest BCUT2D eigenvalue weighted by molar-refractivity contribution is -0.150. The molecule has 0 bridgehead atoms. The maximum atomic E-state index is 11.7. The molecule has 0 unspecified atom stereocenters. The van der Waals surface area contributed by atoms with Crippen LogP contribution in [0.1, 0.15) is 129 Å². The van der Waals surface area contributed by atoms with Gasteiger partial charge in [-0.05, 0) is 19.8 Å². The van der Waals surface area contributed by atoms with Crippen LogP contribution in [-0.2, 0) is 19.1 Å². The SMILES string of the molecule is C=CC(=O)O.C=CCOCOC(=O)C(C)=CCCCCCCCCCCCCCCCCCCC. The fraction of sp³-hybridized carbons (Fsp3) is 0.733. The van der Waals surface area contributed by atoms with Crippen LogP contribution in [0.2, 0.25) is 0 Å². The van der Waals surface area contributed by atoms with Crippen LogP contribution in [0.15, 0.2) is 37.0 Å². The second-order valence-corrected chi connectivity index (χ2v) is 9.08. The zero-order valence-electron chi connectivity index (χ0n) is 22.9. The second kappa shape index (κ2) is 30.2. The van der Waals surface area contributed by atoms with Crippen molar-refractivity contribution in [3.8, 4) is 0 Å². The summed E-state index contributed by atoms with van der Waals surface area (Å²) < 4.78 is 10.1. The Kier molecular flexibility index (Phi) is 30.4. The van der Waals surface area contributed by atoms with Gasteiger partial charge >= 0.3 is 11.9 Å². The van der Waals surface area contributed by atoms with E-state index in [-0.39, 0.29) is 12.8 Å². The van der Waals surface area contributed by atoms with Gasteiger partial charge in [0.1, 0.15) is 0 Å². The summed E-state index contributed by atoms with van der Waals surface area (Å²) in [6.07, 6.45) is 28.9. The Bertz CT molecular complexity index is 539. The van der Waals surface area contributed by atoms with Gasteiger partial charge in [-0.1, -0.05) is 128 Å². The van der Waals surface area contributed by atoms with Crippen LogP contribution in [0.3, 0.4) is 0 Å². The molecule has 35 heavy (non-hydrogen) atoms. The summed E-state index contributed by atoms with van der Waals surface area (Å²) in [5, 5.41) is 7.60. The first-order chi connectivity index (χ1) is 17.0. The molecule has 0 aliphatic heterocycles. The Morgan fingerprint density at radius 2 is 1.14 bits per heavy atom. The van der Waals surface area contributed by atoms with Gasteiger partial charge in [-0.3, -0.25) is 0 Å². The lowest BCUT2D eigenvalue weighted by atomic mass is 10.0. The minimum absolute atomic E-state index is 0.00480. The Morgan fingerprint density at radius 3 is 1.51 bits per heavy atom. The van der Waals surface area contributed by atoms with E-state index in [0.29, 0.717) is 12.2 Å². The Labute approximate surface area is 216 Å². The van der Waals surface area contributed by atoms with E-state index in [1.165, 1.54) is 103 Å². The van der Waals surface area contributed by atoms with E-state index in [4.69, 9.17) is 14.6 Å². The molecular formula is C30H54O5. The monoisotopic (exact) mass is 494 g/mol. The van der Waals surface area contributed by atoms with Gasteiger partial charge in [-0.25, -0.2) is 9.59 Å². The normalized spacial score (nSPS) is 10.9. The standard InChI is InChI=1S/C27H50O3.C3H4O2/c1-4-6-7-8-9-10-11-12-13-14-15-16-17-18-19-20-21-22-23-26(3)27(28)30-25-29-24-5-2;1-2-3(4)5/h5,23H,2,4,6-22,24-25H2,1,3H3;2H,1H2,(H,4,5). The average Bonchev–Trinajstić information content (AvgIpc) is 2.85. The highest BCUT2D eigenvalue weighted by Crippen LogP contribution is 2.14. The molecule has 5 nitrogen and oxygen atoms in total. The van der Waals surface area contributed by atoms with Gasteiger partial charge in [-0.15, -0.1) is 6.58 Å². The van der Waals surface area contributed by atoms with Gasteiger partial charge in [0, 0.05) is 11.6 Å². The summed E-state index contributed by atoms with van der Waals surface area (Å²) in [5.74, 6) is -1.27. The molecule has 0 aliphatic carbocycles. The third-order valence-corrected chi connectivity index (χ3v) is 5.76. The number of rotatable bonds is 24. The van der Waals surface area contributed by atoms with Crippen LogP contribution in [0, 0.1) is 0 Å². The fourth-order valence-corrected chi connectivity index (χ4v) is 3.61. The molecule has 0 saturated heterocycles. The number of ether oxygens (including phenoxy) is 2. The summed E-state index contributed by atoms with van der Waals surface area (Å²) >= 11 is 0. The molecule has 1 N–H and O–H groups in total. The number of hydrogen-bond donors (Lipinski definition) is 1. The first-order valence-electron chi connectivity index (χ1n) is 13.9. The number of carbonyl (C=O) groups is 2. The van der Waals surface area contributed by atoms with Gasteiger partial charge < -0.3 is 14.6 Å². The summed E-state index contributed by atoms with van der Waals surface area (Å²) in [5.41, 5.74) is 0.675. The van der Waals surface area contributed by atoms with Crippen molar-refractivity contribution in [3.63, 3.8) is 0 Å². The molecular weight excluding hydrogens is 440 g/mol. The van der Waals surface area contributed by atoms with Crippen molar-refractivity contribution < 1.29 is 24.2 Å². The minimum Gasteiger partial charge on any atom is -0.478 e. The molecule has 0 amide bonds. The van der Waals surface area contributed by atoms with E-state index in [1.807, 2.05) is 13.0 Å². The molecule has 0 atom stereocenters. The van der Waals surface area contributed by atoms with Crippen molar-refractivity contribution in [2.24, 2.45) is 0 Å². The number of hydrogen-bond acceptors (Lipinski definition) is 4. The van der Waals surface area contributed by atoms with Crippen molar-refractivity contribution in [1.82, 2.24) is 0 Å². The summed E-state index contributed by atoms with van der Waals surface area (Å²) in [6.45, 7) is 11.0. The molecule has 0 aliphatic rings. The van der Waals surface area contributed by atoms with Gasteiger partial charge in [0.2, 0.25) is 0 Å². The minimum atomic E-state index is -0.981. The third kappa shape index (κ3) is 32.1. The maximum Gasteiger partial charge on any atom is 0.335 e. The number of carbonyl (C=O) groups excluding carboxylic acids is 1. The Hall–Kier alpha value is -1.88. The van der Waals surface area contributed by atoms with Gasteiger partial charge in [-0.2, -0.15) is 0 Å². The van der Waals surface area contributed by atoms with Crippen LogP contribution >= 0.6 is 0 Å². The number of carboxylic acids is 1. The molecule has 0 spiro atoms. The lowest BCUT2D eigenvalue weighted by Crippen LogP contribution is -2.09. The molecule has 0 fully saturated rings. The molecule has 0 aromatic heterocycles. The first kappa shape index (κ1) is 35.3. The van der Waals surface area contributed by atoms with Crippen LogP contribution in [0.25, 0.3) is 0 Å². The quantitative estimate of drug-likeness (QED) is 0.0476. The Balaban J connectivity index is 0. The maximum absolute atomic E-state index is 11.7. The molecule has 0 radical (unpaired) electrons. The predicted octanol–water partition coefficient (Wildman–Crippen LogP) is 8.93. The molecule has 0 heterocycles. The van der Waals surface area contributed by atoms with Gasteiger partial charge in [0.25, 0.3) is 0 Å². The van der Waals surface area contributed by atoms with E-state index in [1.54, 1.807) is 6.08 Å². The number of allylic oxidation sites excluding steroid dienone is 1. The predicted molar refractivity (Wildman–Crippen MR) is 147 cm³/mol. The highest BCUT2D eigenvalue weighted by molar-refractivity contribution is 5.87. The topological polar surface area (TPSA) is 72.8 Å². The largest absolute Gasteiger partial charge is 0.478 e. The third-order valence-electron chi connectivity index (χ3n) is 5.76. The van der Waals surface area contributed by atoms with E-state index >= 15 is 0 Å². The smallest absolute Gasteiger partial charge is 0.335 e. The summed E-state index contributed by atoms with van der Waals surface area (Å²) in [6, 6.07) is 0. The molecule has 0 saturated carbocycles. The molecule has 204 valence electrons. The van der Waals surface area contributed by atoms with Gasteiger partial charge in [0.15, 0.2) is 6.79 Å². The number of aliphatic carboxylic acids is 1. The zero-order chi connectivity index (χ0) is 26.4. The van der Waals surface area contributed by atoms with Crippen LogP contribution < -0.4 is 0 Å². The van der Waals surface area contributed by atoms with Crippen molar-refractivity contribution in [2.45, 2.75) is 129 Å². The van der Waals surface area contributed by atoms with Crippen molar-refractivity contribution in [2.75, 3.05) is 13.4 Å². The molecule has 0 rings (SSSR count). The fourth-order valence-electron chi connectivity index (χ4n) is 3.61.